The molecule has 0 radical (unpaired) electrons. The largest absolute Gasteiger partial charge is 0.361 e. The monoisotopic (exact) mass is 419 g/mol. The van der Waals surface area contributed by atoms with Gasteiger partial charge in [0.2, 0.25) is 15.9 Å². The van der Waals surface area contributed by atoms with Crippen molar-refractivity contribution in [2.75, 3.05) is 19.6 Å². The first-order chi connectivity index (χ1) is 13.7. The van der Waals surface area contributed by atoms with E-state index in [1.165, 1.54) is 0 Å². The molecular weight excluding hydrogens is 390 g/mol. The molecule has 2 atom stereocenters. The van der Waals surface area contributed by atoms with Crippen molar-refractivity contribution in [3.8, 4) is 0 Å². The summed E-state index contributed by atoms with van der Waals surface area (Å²) in [5, 5.41) is 3.95. The lowest BCUT2D eigenvalue weighted by molar-refractivity contribution is -0.134. The van der Waals surface area contributed by atoms with Gasteiger partial charge in [0.15, 0.2) is 0 Å². The van der Waals surface area contributed by atoms with Gasteiger partial charge in [0.25, 0.3) is 0 Å². The van der Waals surface area contributed by atoms with Crippen molar-refractivity contribution in [2.45, 2.75) is 51.3 Å². The van der Waals surface area contributed by atoms with Gasteiger partial charge in [-0.15, -0.1) is 0 Å². The summed E-state index contributed by atoms with van der Waals surface area (Å²) in [5.74, 6) is 0.460. The molecule has 158 valence electrons. The van der Waals surface area contributed by atoms with Gasteiger partial charge in [-0.1, -0.05) is 22.9 Å². The zero-order valence-corrected chi connectivity index (χ0v) is 18.3. The number of hydrogen-bond acceptors (Lipinski definition) is 5. The molecule has 2 aromatic rings. The number of nitrogens with zero attached hydrogens (tertiary/aromatic N) is 2. The molecule has 3 rings (SSSR count). The molecule has 0 bridgehead atoms. The molecule has 29 heavy (non-hydrogen) atoms. The minimum Gasteiger partial charge on any atom is -0.361 e. The Labute approximate surface area is 172 Å². The lowest BCUT2D eigenvalue weighted by atomic mass is 9.94. The van der Waals surface area contributed by atoms with E-state index in [4.69, 9.17) is 4.52 Å². The Morgan fingerprint density at radius 3 is 2.59 bits per heavy atom. The maximum Gasteiger partial charge on any atom is 0.240 e. The molecule has 1 aliphatic heterocycles. The first-order valence-electron chi connectivity index (χ1n) is 9.97. The van der Waals surface area contributed by atoms with Gasteiger partial charge in [-0.3, -0.25) is 4.79 Å². The summed E-state index contributed by atoms with van der Waals surface area (Å²) in [6.45, 7) is 9.00. The molecular formula is C21H29N3O4S. The number of amides is 1. The van der Waals surface area contributed by atoms with Crippen LogP contribution in [0.1, 0.15) is 48.3 Å². The fourth-order valence-corrected chi connectivity index (χ4v) is 5.08. The number of carbonyl (C=O) groups is 1. The summed E-state index contributed by atoms with van der Waals surface area (Å²) in [6.07, 6.45) is 1.75. The quantitative estimate of drug-likeness (QED) is 0.777. The predicted octanol–water partition coefficient (Wildman–Crippen LogP) is 2.92. The maximum absolute atomic E-state index is 13.0. The predicted molar refractivity (Wildman–Crippen MR) is 110 cm³/mol. The number of aromatic nitrogens is 1. The van der Waals surface area contributed by atoms with Crippen LogP contribution < -0.4 is 4.72 Å². The second-order valence-corrected chi connectivity index (χ2v) is 9.68. The molecule has 2 heterocycles. The number of benzene rings is 1. The lowest BCUT2D eigenvalue weighted by Gasteiger charge is -2.34. The Morgan fingerprint density at radius 1 is 1.28 bits per heavy atom. The summed E-state index contributed by atoms with van der Waals surface area (Å²) in [4.78, 5) is 15.1. The normalized spacial score (nSPS) is 18.6. The van der Waals surface area contributed by atoms with E-state index in [0.717, 1.165) is 29.7 Å². The lowest BCUT2D eigenvalue weighted by Crippen LogP contribution is -2.45. The van der Waals surface area contributed by atoms with E-state index >= 15 is 0 Å². The van der Waals surface area contributed by atoms with Crippen LogP contribution in [0, 0.1) is 26.7 Å². The Hall–Kier alpha value is -2.19. The van der Waals surface area contributed by atoms with E-state index in [9.17, 15) is 13.2 Å². The van der Waals surface area contributed by atoms with Gasteiger partial charge < -0.3 is 9.42 Å². The van der Waals surface area contributed by atoms with Crippen molar-refractivity contribution >= 4 is 15.9 Å². The number of hydrogen-bond donors (Lipinski definition) is 1. The van der Waals surface area contributed by atoms with Crippen molar-refractivity contribution < 1.29 is 17.7 Å². The third-order valence-corrected chi connectivity index (χ3v) is 7.06. The van der Waals surface area contributed by atoms with Crippen molar-refractivity contribution in [1.29, 1.82) is 0 Å². The van der Waals surface area contributed by atoms with Gasteiger partial charge in [0, 0.05) is 25.2 Å². The summed E-state index contributed by atoms with van der Waals surface area (Å²) < 4.78 is 33.0. The number of aryl methyl sites for hydroxylation is 3. The van der Waals surface area contributed by atoms with E-state index in [1.807, 2.05) is 32.6 Å². The number of piperidine rings is 1. The molecule has 1 saturated heterocycles. The van der Waals surface area contributed by atoms with E-state index in [2.05, 4.69) is 9.88 Å². The van der Waals surface area contributed by atoms with Crippen LogP contribution in [0.25, 0.3) is 0 Å². The van der Waals surface area contributed by atoms with Crippen molar-refractivity contribution in [1.82, 2.24) is 14.8 Å². The molecule has 0 spiro atoms. The summed E-state index contributed by atoms with van der Waals surface area (Å²) >= 11 is 0. The molecule has 1 aliphatic rings. The van der Waals surface area contributed by atoms with Gasteiger partial charge >= 0.3 is 0 Å². The standard InChI is InChI=1S/C21H29N3O4S/c1-14-7-9-19(10-8-14)29(26,27)22-12-18-6-5-11-24(13-18)21(25)15(2)20-16(3)23-28-17(20)4/h7-10,15,18,22H,5-6,11-13H2,1-4H3. The fraction of sp³-hybridized carbons (Fsp3) is 0.524. The number of rotatable bonds is 6. The van der Waals surface area contributed by atoms with Gasteiger partial charge in [0.1, 0.15) is 5.76 Å². The van der Waals surface area contributed by atoms with Crippen LogP contribution in [-0.4, -0.2) is 44.0 Å². The van der Waals surface area contributed by atoms with E-state index in [-0.39, 0.29) is 22.6 Å². The highest BCUT2D eigenvalue weighted by molar-refractivity contribution is 7.89. The van der Waals surface area contributed by atoms with Crippen molar-refractivity contribution in [3.63, 3.8) is 0 Å². The van der Waals surface area contributed by atoms with Gasteiger partial charge in [-0.05, 0) is 58.6 Å². The highest BCUT2D eigenvalue weighted by Crippen LogP contribution is 2.27. The molecule has 7 nitrogen and oxygen atoms in total. The maximum atomic E-state index is 13.0. The zero-order chi connectivity index (χ0) is 21.2. The van der Waals surface area contributed by atoms with E-state index in [1.54, 1.807) is 24.3 Å². The third-order valence-electron chi connectivity index (χ3n) is 5.62. The Bertz CT molecular complexity index is 947. The van der Waals surface area contributed by atoms with Crippen LogP contribution in [0.3, 0.4) is 0 Å². The van der Waals surface area contributed by atoms with E-state index < -0.39 is 10.0 Å². The second kappa shape index (κ2) is 8.67. The molecule has 1 fully saturated rings. The molecule has 1 aromatic carbocycles. The van der Waals surface area contributed by atoms with Crippen LogP contribution in [-0.2, 0) is 14.8 Å². The molecule has 0 saturated carbocycles. The van der Waals surface area contributed by atoms with E-state index in [0.29, 0.717) is 25.4 Å². The Morgan fingerprint density at radius 2 is 1.97 bits per heavy atom. The van der Waals surface area contributed by atoms with Crippen molar-refractivity contribution in [2.24, 2.45) is 5.92 Å². The second-order valence-electron chi connectivity index (χ2n) is 7.92. The van der Waals surface area contributed by atoms with Gasteiger partial charge in [-0.2, -0.15) is 0 Å². The Balaban J connectivity index is 1.62. The average molecular weight is 420 g/mol. The van der Waals surface area contributed by atoms with Crippen LogP contribution >= 0.6 is 0 Å². The SMILES string of the molecule is Cc1ccc(S(=O)(=O)NCC2CCCN(C(=O)C(C)c3c(C)noc3C)C2)cc1. The van der Waals surface area contributed by atoms with Crippen molar-refractivity contribution in [3.05, 3.63) is 46.8 Å². The number of carbonyl (C=O) groups excluding carboxylic acids is 1. The highest BCUT2D eigenvalue weighted by atomic mass is 32.2. The molecule has 1 amide bonds. The summed E-state index contributed by atoms with van der Waals surface area (Å²) in [5.41, 5.74) is 2.60. The van der Waals surface area contributed by atoms with Crippen LogP contribution in [0.5, 0.6) is 0 Å². The van der Waals surface area contributed by atoms with Gasteiger partial charge in [0.05, 0.1) is 16.5 Å². The number of likely N-dealkylation sites (tertiary alicyclic amines) is 1. The number of sulfonamides is 1. The summed E-state index contributed by atoms with van der Waals surface area (Å²) in [6, 6.07) is 6.79. The molecule has 2 unspecified atom stereocenters. The van der Waals surface area contributed by atoms with Crippen LogP contribution in [0.2, 0.25) is 0 Å². The molecule has 1 N–H and O–H groups in total. The first-order valence-corrected chi connectivity index (χ1v) is 11.4. The third kappa shape index (κ3) is 4.87. The molecule has 8 heteroatoms. The molecule has 1 aromatic heterocycles. The van der Waals surface area contributed by atoms with Crippen LogP contribution in [0.15, 0.2) is 33.7 Å². The van der Waals surface area contributed by atoms with Crippen LogP contribution in [0.4, 0.5) is 0 Å². The molecule has 0 aliphatic carbocycles. The topological polar surface area (TPSA) is 92.5 Å². The number of nitrogens with one attached hydrogen (secondary N) is 1. The zero-order valence-electron chi connectivity index (χ0n) is 17.4. The van der Waals surface area contributed by atoms with Gasteiger partial charge in [-0.25, -0.2) is 13.1 Å². The minimum atomic E-state index is -3.55. The Kier molecular flexibility index (Phi) is 6.43. The first kappa shape index (κ1) is 21.5. The average Bonchev–Trinajstić information content (AvgIpc) is 3.04. The summed E-state index contributed by atoms with van der Waals surface area (Å²) in [7, 11) is -3.55. The smallest absolute Gasteiger partial charge is 0.240 e. The minimum absolute atomic E-state index is 0.0329. The highest BCUT2D eigenvalue weighted by Gasteiger charge is 2.31. The fourth-order valence-electron chi connectivity index (χ4n) is 3.97.